The number of rotatable bonds is 12. The SMILES string of the molecule is CCCCCCCCCCCCOS(=O)(=O)O.O=S(=O)(O)O.[LiH]. The van der Waals surface area contributed by atoms with Crippen molar-refractivity contribution in [3.63, 3.8) is 0 Å². The molecule has 138 valence electrons. The van der Waals surface area contributed by atoms with Crippen LogP contribution < -0.4 is 0 Å². The summed E-state index contributed by atoms with van der Waals surface area (Å²) in [5.74, 6) is 0. The first kappa shape index (κ1) is 28.2. The molecule has 0 rings (SSSR count). The molecule has 0 aliphatic rings. The molecule has 0 radical (unpaired) electrons. The van der Waals surface area contributed by atoms with E-state index >= 15 is 0 Å². The van der Waals surface area contributed by atoms with E-state index in [0.717, 1.165) is 12.8 Å². The second-order valence-electron chi connectivity index (χ2n) is 4.88. The van der Waals surface area contributed by atoms with Crippen LogP contribution in [0.1, 0.15) is 71.1 Å². The molecular formula is C12H29LiO8S2. The Bertz CT molecular complexity index is 428. The summed E-state index contributed by atoms with van der Waals surface area (Å²) in [6.07, 6.45) is 11.9. The standard InChI is InChI=1S/C12H26O4S.Li.H2O4S.H/c1-2-3-4-5-6-7-8-9-10-11-12-16-17(13,14)15;;1-5(2,3)4;/h2-12H2,1H3,(H,13,14,15);;(H2,1,2,3,4);. The first-order chi connectivity index (χ1) is 10.1. The van der Waals surface area contributed by atoms with E-state index in [-0.39, 0.29) is 25.5 Å². The van der Waals surface area contributed by atoms with Gasteiger partial charge in [0.15, 0.2) is 0 Å². The molecule has 0 unspecified atom stereocenters. The van der Waals surface area contributed by atoms with Crippen molar-refractivity contribution in [2.75, 3.05) is 6.61 Å². The van der Waals surface area contributed by atoms with Gasteiger partial charge in [-0.1, -0.05) is 64.7 Å². The van der Waals surface area contributed by atoms with Crippen LogP contribution in [0.15, 0.2) is 0 Å². The third kappa shape index (κ3) is 44.9. The van der Waals surface area contributed by atoms with Crippen LogP contribution in [0.3, 0.4) is 0 Å². The van der Waals surface area contributed by atoms with Crippen LogP contribution in [0.25, 0.3) is 0 Å². The molecule has 3 N–H and O–H groups in total. The van der Waals surface area contributed by atoms with Gasteiger partial charge in [0.1, 0.15) is 0 Å². The zero-order chi connectivity index (χ0) is 17.5. The van der Waals surface area contributed by atoms with Crippen molar-refractivity contribution in [3.05, 3.63) is 0 Å². The van der Waals surface area contributed by atoms with E-state index in [1.54, 1.807) is 0 Å². The third-order valence-electron chi connectivity index (χ3n) is 2.73. The van der Waals surface area contributed by atoms with Crippen molar-refractivity contribution >= 4 is 39.7 Å². The van der Waals surface area contributed by atoms with Crippen LogP contribution in [0, 0.1) is 0 Å². The van der Waals surface area contributed by atoms with Gasteiger partial charge in [-0.25, -0.2) is 4.18 Å². The fraction of sp³-hybridized carbons (Fsp3) is 1.00. The topological polar surface area (TPSA) is 138 Å². The molecule has 23 heavy (non-hydrogen) atoms. The van der Waals surface area contributed by atoms with Crippen LogP contribution in [-0.4, -0.2) is 56.0 Å². The average Bonchev–Trinajstić information content (AvgIpc) is 2.32. The summed E-state index contributed by atoms with van der Waals surface area (Å²) in [5.41, 5.74) is 0. The van der Waals surface area contributed by atoms with E-state index in [2.05, 4.69) is 11.1 Å². The van der Waals surface area contributed by atoms with Gasteiger partial charge >= 0.3 is 39.7 Å². The van der Waals surface area contributed by atoms with Crippen LogP contribution in [0.5, 0.6) is 0 Å². The molecule has 0 aliphatic carbocycles. The van der Waals surface area contributed by atoms with Crippen molar-refractivity contribution in [2.45, 2.75) is 71.1 Å². The molecule has 0 bridgehead atoms. The molecule has 0 amide bonds. The summed E-state index contributed by atoms with van der Waals surface area (Å²) < 4.78 is 64.6. The summed E-state index contributed by atoms with van der Waals surface area (Å²) in [6, 6.07) is 0. The summed E-state index contributed by atoms with van der Waals surface area (Å²) in [6.45, 7) is 2.31. The van der Waals surface area contributed by atoms with Gasteiger partial charge in [-0.3, -0.25) is 13.7 Å². The fourth-order valence-electron chi connectivity index (χ4n) is 1.75. The Balaban J connectivity index is -0.000000578. The Kier molecular flexibility index (Phi) is 21.0. The van der Waals surface area contributed by atoms with Gasteiger partial charge in [0.2, 0.25) is 0 Å². The van der Waals surface area contributed by atoms with Crippen LogP contribution in [0.2, 0.25) is 0 Å². The molecule has 0 aliphatic heterocycles. The molecule has 0 fully saturated rings. The first-order valence-corrected chi connectivity index (χ1v) is 10.1. The second-order valence-corrected chi connectivity index (χ2v) is 6.87. The maximum atomic E-state index is 10.2. The van der Waals surface area contributed by atoms with E-state index in [1.165, 1.54) is 44.9 Å². The fourth-order valence-corrected chi connectivity index (χ4v) is 2.08. The number of hydrogen-bond donors (Lipinski definition) is 3. The van der Waals surface area contributed by atoms with Crippen molar-refractivity contribution in [2.24, 2.45) is 0 Å². The van der Waals surface area contributed by atoms with Crippen molar-refractivity contribution in [1.82, 2.24) is 0 Å². The maximum absolute atomic E-state index is 10.2. The van der Waals surface area contributed by atoms with Crippen LogP contribution >= 0.6 is 0 Å². The van der Waals surface area contributed by atoms with Crippen molar-refractivity contribution in [1.29, 1.82) is 0 Å². The zero-order valence-electron chi connectivity index (χ0n) is 13.0. The molecule has 0 spiro atoms. The normalized spacial score (nSPS) is 11.3. The monoisotopic (exact) mass is 372 g/mol. The predicted octanol–water partition coefficient (Wildman–Crippen LogP) is 2.43. The Hall–Kier alpha value is 0.337. The summed E-state index contributed by atoms with van der Waals surface area (Å²) >= 11 is 0. The Morgan fingerprint density at radius 3 is 1.30 bits per heavy atom. The van der Waals surface area contributed by atoms with E-state index in [4.69, 9.17) is 22.1 Å². The minimum absolute atomic E-state index is 0. The molecule has 0 saturated heterocycles. The van der Waals surface area contributed by atoms with Crippen LogP contribution in [-0.2, 0) is 25.0 Å². The van der Waals surface area contributed by atoms with Gasteiger partial charge in [0.25, 0.3) is 0 Å². The van der Waals surface area contributed by atoms with E-state index in [1.807, 2.05) is 0 Å². The van der Waals surface area contributed by atoms with Gasteiger partial charge in [-0.15, -0.1) is 0 Å². The molecule has 11 heteroatoms. The molecular weight excluding hydrogens is 343 g/mol. The minimum atomic E-state index is -4.67. The van der Waals surface area contributed by atoms with Crippen LogP contribution in [0.4, 0.5) is 0 Å². The van der Waals surface area contributed by atoms with E-state index in [0.29, 0.717) is 6.42 Å². The van der Waals surface area contributed by atoms with Crippen molar-refractivity contribution < 1.29 is 34.7 Å². The van der Waals surface area contributed by atoms with E-state index in [9.17, 15) is 8.42 Å². The molecule has 0 aromatic carbocycles. The van der Waals surface area contributed by atoms with Gasteiger partial charge in [-0.2, -0.15) is 16.8 Å². The predicted molar refractivity (Wildman–Crippen MR) is 90.7 cm³/mol. The molecule has 0 saturated carbocycles. The molecule has 0 aromatic rings. The molecule has 8 nitrogen and oxygen atoms in total. The van der Waals surface area contributed by atoms with Gasteiger partial charge in [0, 0.05) is 0 Å². The quantitative estimate of drug-likeness (QED) is 0.270. The van der Waals surface area contributed by atoms with Gasteiger partial charge in [0.05, 0.1) is 6.61 Å². The average molecular weight is 372 g/mol. The first-order valence-electron chi connectivity index (χ1n) is 7.38. The Labute approximate surface area is 152 Å². The summed E-state index contributed by atoms with van der Waals surface area (Å²) in [5, 5.41) is 0. The number of hydrogen-bond acceptors (Lipinski definition) is 5. The number of unbranched alkanes of at least 4 members (excludes halogenated alkanes) is 9. The Morgan fingerprint density at radius 1 is 0.696 bits per heavy atom. The van der Waals surface area contributed by atoms with Crippen molar-refractivity contribution in [3.8, 4) is 0 Å². The van der Waals surface area contributed by atoms with E-state index < -0.39 is 20.8 Å². The molecule has 0 aromatic heterocycles. The van der Waals surface area contributed by atoms with Gasteiger partial charge < -0.3 is 0 Å². The third-order valence-corrected chi connectivity index (χ3v) is 3.19. The summed E-state index contributed by atoms with van der Waals surface area (Å²) in [7, 11) is -8.90. The zero-order valence-corrected chi connectivity index (χ0v) is 14.6. The van der Waals surface area contributed by atoms with Gasteiger partial charge in [-0.05, 0) is 6.42 Å². The Morgan fingerprint density at radius 2 is 1.00 bits per heavy atom. The molecule has 0 heterocycles. The molecule has 0 atom stereocenters. The summed E-state index contributed by atoms with van der Waals surface area (Å²) in [4.78, 5) is 0. The second kappa shape index (κ2) is 17.2.